The summed E-state index contributed by atoms with van der Waals surface area (Å²) in [7, 11) is -3.75. The van der Waals surface area contributed by atoms with E-state index in [1.807, 2.05) is 38.1 Å². The fraction of sp³-hybridized carbons (Fsp3) is 0.174. The van der Waals surface area contributed by atoms with E-state index in [2.05, 4.69) is 10.0 Å². The monoisotopic (exact) mass is 442 g/mol. The van der Waals surface area contributed by atoms with Gasteiger partial charge in [-0.2, -0.15) is 0 Å². The van der Waals surface area contributed by atoms with Crippen LogP contribution in [0.3, 0.4) is 0 Å². The molecule has 0 bridgehead atoms. The highest BCUT2D eigenvalue weighted by molar-refractivity contribution is 7.92. The highest BCUT2D eigenvalue weighted by atomic mass is 35.5. The summed E-state index contributed by atoms with van der Waals surface area (Å²) in [5, 5.41) is 3.45. The fourth-order valence-corrected chi connectivity index (χ4v) is 4.42. The number of carbonyl (C=O) groups excluding carboxylic acids is 1. The number of halogens is 1. The Kier molecular flexibility index (Phi) is 6.48. The summed E-state index contributed by atoms with van der Waals surface area (Å²) >= 11 is 5.82. The average molecular weight is 443 g/mol. The SMILES string of the molecule is Cc1cc(C(=O)NC(C)c2ccccc2C)ccc1NS(=O)(=O)c1ccc(Cl)cc1. The average Bonchev–Trinajstić information content (AvgIpc) is 2.70. The maximum atomic E-state index is 12.7. The molecule has 0 aliphatic carbocycles. The van der Waals surface area contributed by atoms with Crippen LogP contribution >= 0.6 is 11.6 Å². The standard InChI is InChI=1S/C23H23ClN2O3S/c1-15-6-4-5-7-21(15)17(3)25-23(27)18-8-13-22(16(2)14-18)26-30(28,29)20-11-9-19(24)10-12-20/h4-14,17,26H,1-3H3,(H,25,27). The summed E-state index contributed by atoms with van der Waals surface area (Å²) in [6.45, 7) is 5.69. The Labute approximate surface area is 182 Å². The number of nitrogens with one attached hydrogen (secondary N) is 2. The van der Waals surface area contributed by atoms with Crippen LogP contribution in [0.1, 0.15) is 40.0 Å². The minimum Gasteiger partial charge on any atom is -0.346 e. The molecule has 156 valence electrons. The van der Waals surface area contributed by atoms with Gasteiger partial charge in [0.15, 0.2) is 0 Å². The maximum absolute atomic E-state index is 12.7. The van der Waals surface area contributed by atoms with Crippen molar-refractivity contribution in [3.63, 3.8) is 0 Å². The van der Waals surface area contributed by atoms with E-state index in [1.165, 1.54) is 24.3 Å². The van der Waals surface area contributed by atoms with Crippen molar-refractivity contribution in [1.29, 1.82) is 0 Å². The zero-order valence-corrected chi connectivity index (χ0v) is 18.5. The minimum atomic E-state index is -3.75. The van der Waals surface area contributed by atoms with E-state index >= 15 is 0 Å². The van der Waals surface area contributed by atoms with Crippen LogP contribution in [0.2, 0.25) is 5.02 Å². The number of hydrogen-bond donors (Lipinski definition) is 2. The van der Waals surface area contributed by atoms with E-state index in [9.17, 15) is 13.2 Å². The van der Waals surface area contributed by atoms with Crippen LogP contribution in [0, 0.1) is 13.8 Å². The lowest BCUT2D eigenvalue weighted by atomic mass is 10.0. The maximum Gasteiger partial charge on any atom is 0.261 e. The summed E-state index contributed by atoms with van der Waals surface area (Å²) < 4.78 is 27.7. The molecule has 7 heteroatoms. The zero-order valence-electron chi connectivity index (χ0n) is 16.9. The van der Waals surface area contributed by atoms with Gasteiger partial charge in [-0.15, -0.1) is 0 Å². The number of sulfonamides is 1. The molecule has 0 heterocycles. The lowest BCUT2D eigenvalue weighted by molar-refractivity contribution is 0.0939. The van der Waals surface area contributed by atoms with Gasteiger partial charge < -0.3 is 5.32 Å². The second kappa shape index (κ2) is 8.90. The molecule has 0 aliphatic rings. The Morgan fingerprint density at radius 2 is 1.60 bits per heavy atom. The molecule has 3 rings (SSSR count). The lowest BCUT2D eigenvalue weighted by Gasteiger charge is -2.17. The van der Waals surface area contributed by atoms with E-state index < -0.39 is 10.0 Å². The first kappa shape index (κ1) is 21.9. The molecule has 30 heavy (non-hydrogen) atoms. The molecule has 0 fully saturated rings. The predicted octanol–water partition coefficient (Wildman–Crippen LogP) is 5.25. The Bertz CT molecular complexity index is 1180. The molecule has 0 aromatic heterocycles. The van der Waals surface area contributed by atoms with Crippen LogP contribution in [0.5, 0.6) is 0 Å². The van der Waals surface area contributed by atoms with Gasteiger partial charge in [-0.3, -0.25) is 9.52 Å². The van der Waals surface area contributed by atoms with Crippen molar-refractivity contribution in [2.24, 2.45) is 0 Å². The Morgan fingerprint density at radius 3 is 2.23 bits per heavy atom. The number of aryl methyl sites for hydroxylation is 2. The van der Waals surface area contributed by atoms with Crippen molar-refractivity contribution >= 4 is 33.2 Å². The number of amides is 1. The van der Waals surface area contributed by atoms with Crippen LogP contribution in [0.4, 0.5) is 5.69 Å². The molecule has 0 saturated carbocycles. The molecule has 1 atom stereocenters. The molecule has 1 unspecified atom stereocenters. The van der Waals surface area contributed by atoms with E-state index in [0.717, 1.165) is 11.1 Å². The summed E-state index contributed by atoms with van der Waals surface area (Å²) in [6.07, 6.45) is 0. The Balaban J connectivity index is 1.75. The lowest BCUT2D eigenvalue weighted by Crippen LogP contribution is -2.27. The van der Waals surface area contributed by atoms with E-state index in [-0.39, 0.29) is 16.8 Å². The molecular weight excluding hydrogens is 420 g/mol. The molecular formula is C23H23ClN2O3S. The topological polar surface area (TPSA) is 75.3 Å². The summed E-state index contributed by atoms with van der Waals surface area (Å²) in [5.74, 6) is -0.221. The van der Waals surface area contributed by atoms with Crippen molar-refractivity contribution < 1.29 is 13.2 Å². The Hall–Kier alpha value is -2.83. The second-order valence-electron chi connectivity index (χ2n) is 7.14. The molecule has 1 amide bonds. The summed E-state index contributed by atoms with van der Waals surface area (Å²) in [6, 6.07) is 18.5. The van der Waals surface area contributed by atoms with Gasteiger partial charge in [0.25, 0.3) is 15.9 Å². The molecule has 3 aromatic carbocycles. The van der Waals surface area contributed by atoms with Gasteiger partial charge in [0.1, 0.15) is 0 Å². The normalized spacial score (nSPS) is 12.3. The van der Waals surface area contributed by atoms with Gasteiger partial charge in [-0.25, -0.2) is 8.42 Å². The van der Waals surface area contributed by atoms with Gasteiger partial charge in [-0.1, -0.05) is 35.9 Å². The highest BCUT2D eigenvalue weighted by Crippen LogP contribution is 2.23. The predicted molar refractivity (Wildman–Crippen MR) is 120 cm³/mol. The van der Waals surface area contributed by atoms with Crippen molar-refractivity contribution in [1.82, 2.24) is 5.32 Å². The largest absolute Gasteiger partial charge is 0.346 e. The van der Waals surface area contributed by atoms with Crippen molar-refractivity contribution in [3.8, 4) is 0 Å². The number of rotatable bonds is 6. The van der Waals surface area contributed by atoms with Crippen LogP contribution < -0.4 is 10.0 Å². The van der Waals surface area contributed by atoms with Crippen LogP contribution in [-0.2, 0) is 10.0 Å². The first-order valence-electron chi connectivity index (χ1n) is 9.43. The summed E-state index contributed by atoms with van der Waals surface area (Å²) in [4.78, 5) is 12.8. The van der Waals surface area contributed by atoms with E-state index in [4.69, 9.17) is 11.6 Å². The van der Waals surface area contributed by atoms with Gasteiger partial charge in [-0.05, 0) is 79.9 Å². The minimum absolute atomic E-state index is 0.111. The van der Waals surface area contributed by atoms with Crippen LogP contribution in [-0.4, -0.2) is 14.3 Å². The van der Waals surface area contributed by atoms with Gasteiger partial charge in [0, 0.05) is 10.6 Å². The van der Waals surface area contributed by atoms with Gasteiger partial charge in [0.05, 0.1) is 16.6 Å². The number of carbonyl (C=O) groups is 1. The van der Waals surface area contributed by atoms with Crippen molar-refractivity contribution in [2.45, 2.75) is 31.7 Å². The number of benzene rings is 3. The first-order valence-corrected chi connectivity index (χ1v) is 11.3. The third-order valence-corrected chi connectivity index (χ3v) is 6.49. The van der Waals surface area contributed by atoms with Gasteiger partial charge >= 0.3 is 0 Å². The molecule has 3 aromatic rings. The number of anilines is 1. The second-order valence-corrected chi connectivity index (χ2v) is 9.26. The number of hydrogen-bond acceptors (Lipinski definition) is 3. The third-order valence-electron chi connectivity index (χ3n) is 4.86. The third kappa shape index (κ3) is 5.01. The molecule has 0 spiro atoms. The fourth-order valence-electron chi connectivity index (χ4n) is 3.17. The van der Waals surface area contributed by atoms with E-state index in [1.54, 1.807) is 25.1 Å². The molecule has 0 aliphatic heterocycles. The van der Waals surface area contributed by atoms with Crippen LogP contribution in [0.15, 0.2) is 71.6 Å². The molecule has 0 saturated heterocycles. The molecule has 2 N–H and O–H groups in total. The smallest absolute Gasteiger partial charge is 0.261 e. The molecule has 5 nitrogen and oxygen atoms in total. The van der Waals surface area contributed by atoms with Crippen LogP contribution in [0.25, 0.3) is 0 Å². The summed E-state index contributed by atoms with van der Waals surface area (Å²) in [5.41, 5.74) is 3.67. The Morgan fingerprint density at radius 1 is 0.933 bits per heavy atom. The highest BCUT2D eigenvalue weighted by Gasteiger charge is 2.17. The van der Waals surface area contributed by atoms with E-state index in [0.29, 0.717) is 21.8 Å². The quantitative estimate of drug-likeness (QED) is 0.547. The van der Waals surface area contributed by atoms with Crippen molar-refractivity contribution in [2.75, 3.05) is 4.72 Å². The van der Waals surface area contributed by atoms with Gasteiger partial charge in [0.2, 0.25) is 0 Å². The van der Waals surface area contributed by atoms with Crippen molar-refractivity contribution in [3.05, 3.63) is 94.0 Å². The first-order chi connectivity index (χ1) is 14.2. The molecule has 0 radical (unpaired) electrons. The zero-order chi connectivity index (χ0) is 21.9.